The first-order chi connectivity index (χ1) is 14.1. The SMILES string of the molecule is CN(Cc1ccc(OCC(=O)N2CCCCC2)cc1)[C@H]1C[C@H]2CNC(=O)C[C@H]2C1. The Kier molecular flexibility index (Phi) is 6.38. The number of amides is 2. The van der Waals surface area contributed by atoms with Gasteiger partial charge in [0.25, 0.3) is 5.91 Å². The Morgan fingerprint density at radius 1 is 1.14 bits per heavy atom. The first-order valence-electron chi connectivity index (χ1n) is 11.0. The third-order valence-electron chi connectivity index (χ3n) is 6.88. The summed E-state index contributed by atoms with van der Waals surface area (Å²) >= 11 is 0. The lowest BCUT2D eigenvalue weighted by Gasteiger charge is -2.26. The van der Waals surface area contributed by atoms with Crippen LogP contribution in [0, 0.1) is 11.8 Å². The van der Waals surface area contributed by atoms with Gasteiger partial charge in [0.1, 0.15) is 5.75 Å². The average Bonchev–Trinajstić information content (AvgIpc) is 3.17. The Labute approximate surface area is 173 Å². The smallest absolute Gasteiger partial charge is 0.260 e. The van der Waals surface area contributed by atoms with E-state index < -0.39 is 0 Å². The minimum atomic E-state index is 0.0872. The summed E-state index contributed by atoms with van der Waals surface area (Å²) in [5, 5.41) is 3.01. The zero-order chi connectivity index (χ0) is 20.2. The van der Waals surface area contributed by atoms with E-state index >= 15 is 0 Å². The number of nitrogens with zero attached hydrogens (tertiary/aromatic N) is 2. The minimum absolute atomic E-state index is 0.0872. The molecular weight excluding hydrogens is 366 g/mol. The number of fused-ring (bicyclic) bond motifs is 1. The van der Waals surface area contributed by atoms with Gasteiger partial charge in [-0.3, -0.25) is 14.5 Å². The number of carbonyl (C=O) groups is 2. The molecule has 0 spiro atoms. The van der Waals surface area contributed by atoms with Crippen molar-refractivity contribution in [1.82, 2.24) is 15.1 Å². The van der Waals surface area contributed by atoms with Gasteiger partial charge >= 0.3 is 0 Å². The van der Waals surface area contributed by atoms with E-state index in [0.717, 1.165) is 51.2 Å². The monoisotopic (exact) mass is 399 g/mol. The second-order valence-corrected chi connectivity index (χ2v) is 8.94. The van der Waals surface area contributed by atoms with E-state index in [9.17, 15) is 9.59 Å². The first kappa shape index (κ1) is 20.2. The zero-order valence-electron chi connectivity index (χ0n) is 17.4. The lowest BCUT2D eigenvalue weighted by atomic mass is 9.89. The molecule has 3 atom stereocenters. The topological polar surface area (TPSA) is 61.9 Å². The van der Waals surface area contributed by atoms with Crippen molar-refractivity contribution in [2.75, 3.05) is 33.3 Å². The maximum Gasteiger partial charge on any atom is 0.260 e. The molecule has 3 fully saturated rings. The highest BCUT2D eigenvalue weighted by molar-refractivity contribution is 5.78. The third-order valence-corrected chi connectivity index (χ3v) is 6.88. The summed E-state index contributed by atoms with van der Waals surface area (Å²) in [4.78, 5) is 28.2. The summed E-state index contributed by atoms with van der Waals surface area (Å²) in [6.45, 7) is 3.58. The molecular formula is C23H33N3O3. The predicted molar refractivity (Wildman–Crippen MR) is 111 cm³/mol. The van der Waals surface area contributed by atoms with Crippen LogP contribution in [0.5, 0.6) is 5.75 Å². The summed E-state index contributed by atoms with van der Waals surface area (Å²) in [5.74, 6) is 2.23. The summed E-state index contributed by atoms with van der Waals surface area (Å²) in [7, 11) is 2.18. The zero-order valence-corrected chi connectivity index (χ0v) is 17.4. The van der Waals surface area contributed by atoms with Crippen molar-refractivity contribution in [2.24, 2.45) is 11.8 Å². The lowest BCUT2D eigenvalue weighted by Crippen LogP contribution is -2.38. The molecule has 2 amide bonds. The van der Waals surface area contributed by atoms with Crippen LogP contribution in [-0.2, 0) is 16.1 Å². The van der Waals surface area contributed by atoms with E-state index in [1.54, 1.807) is 0 Å². The summed E-state index contributed by atoms with van der Waals surface area (Å²) in [6.07, 6.45) is 6.40. The van der Waals surface area contributed by atoms with E-state index in [1.807, 2.05) is 17.0 Å². The number of hydrogen-bond donors (Lipinski definition) is 1. The first-order valence-corrected chi connectivity index (χ1v) is 11.0. The number of carbonyl (C=O) groups excluding carboxylic acids is 2. The maximum atomic E-state index is 12.2. The van der Waals surface area contributed by atoms with E-state index in [1.165, 1.54) is 18.4 Å². The molecule has 0 radical (unpaired) electrons. The van der Waals surface area contributed by atoms with Crippen LogP contribution in [0.2, 0.25) is 0 Å². The van der Waals surface area contributed by atoms with Crippen molar-refractivity contribution in [2.45, 2.75) is 51.1 Å². The Morgan fingerprint density at radius 2 is 1.86 bits per heavy atom. The molecule has 3 aliphatic rings. The van der Waals surface area contributed by atoms with Gasteiger partial charge in [0.05, 0.1) is 0 Å². The summed E-state index contributed by atoms with van der Waals surface area (Å²) in [5.41, 5.74) is 1.24. The number of nitrogens with one attached hydrogen (secondary N) is 1. The normalized spacial score (nSPS) is 26.9. The van der Waals surface area contributed by atoms with Gasteiger partial charge in [-0.25, -0.2) is 0 Å². The fourth-order valence-corrected chi connectivity index (χ4v) is 5.08. The molecule has 29 heavy (non-hydrogen) atoms. The summed E-state index contributed by atoms with van der Waals surface area (Å²) in [6, 6.07) is 8.64. The Morgan fingerprint density at radius 3 is 2.62 bits per heavy atom. The minimum Gasteiger partial charge on any atom is -0.484 e. The molecule has 0 aromatic heterocycles. The van der Waals surface area contributed by atoms with Crippen molar-refractivity contribution in [3.63, 3.8) is 0 Å². The number of likely N-dealkylation sites (tertiary alicyclic amines) is 1. The van der Waals surface area contributed by atoms with Crippen LogP contribution in [-0.4, -0.2) is 60.9 Å². The second kappa shape index (κ2) is 9.16. The Balaban J connectivity index is 1.24. The van der Waals surface area contributed by atoms with Crippen LogP contribution in [0.25, 0.3) is 0 Å². The van der Waals surface area contributed by atoms with Gasteiger partial charge < -0.3 is 15.0 Å². The molecule has 1 aliphatic carbocycles. The van der Waals surface area contributed by atoms with E-state index in [4.69, 9.17) is 4.74 Å². The van der Waals surface area contributed by atoms with E-state index in [0.29, 0.717) is 24.3 Å². The van der Waals surface area contributed by atoms with Crippen LogP contribution < -0.4 is 10.1 Å². The van der Waals surface area contributed by atoms with Crippen LogP contribution in [0.15, 0.2) is 24.3 Å². The average molecular weight is 400 g/mol. The standard InChI is InChI=1S/C23H33N3O3/c1-25(20-11-18-13-22(27)24-14-19(18)12-20)15-17-5-7-21(8-6-17)29-16-23(28)26-9-3-2-4-10-26/h5-8,18-20H,2-4,9-16H2,1H3,(H,24,27)/t18-,19+,20-/m1/s1. The van der Waals surface area contributed by atoms with Gasteiger partial charge in [-0.15, -0.1) is 0 Å². The Bertz CT molecular complexity index is 715. The number of benzene rings is 1. The quantitative estimate of drug-likeness (QED) is 0.798. The highest BCUT2D eigenvalue weighted by Gasteiger charge is 2.39. The van der Waals surface area contributed by atoms with Crippen LogP contribution in [0.3, 0.4) is 0 Å². The molecule has 2 heterocycles. The fraction of sp³-hybridized carbons (Fsp3) is 0.652. The molecule has 2 saturated heterocycles. The fourth-order valence-electron chi connectivity index (χ4n) is 5.08. The number of hydrogen-bond acceptors (Lipinski definition) is 4. The number of ether oxygens (including phenoxy) is 1. The molecule has 0 bridgehead atoms. The van der Waals surface area contributed by atoms with E-state index in [2.05, 4.69) is 29.4 Å². The molecule has 6 heteroatoms. The maximum absolute atomic E-state index is 12.2. The number of piperidine rings is 2. The predicted octanol–water partition coefficient (Wildman–Crippen LogP) is 2.42. The van der Waals surface area contributed by atoms with Gasteiger partial charge in [0.15, 0.2) is 6.61 Å². The van der Waals surface area contributed by atoms with Crippen molar-refractivity contribution >= 4 is 11.8 Å². The van der Waals surface area contributed by atoms with Crippen molar-refractivity contribution < 1.29 is 14.3 Å². The molecule has 158 valence electrons. The van der Waals surface area contributed by atoms with Crippen molar-refractivity contribution in [1.29, 1.82) is 0 Å². The van der Waals surface area contributed by atoms with Gasteiger partial charge in [-0.1, -0.05) is 12.1 Å². The molecule has 4 rings (SSSR count). The molecule has 6 nitrogen and oxygen atoms in total. The largest absolute Gasteiger partial charge is 0.484 e. The molecule has 1 aromatic rings. The molecule has 0 unspecified atom stereocenters. The summed E-state index contributed by atoms with van der Waals surface area (Å²) < 4.78 is 5.71. The highest BCUT2D eigenvalue weighted by atomic mass is 16.5. The van der Waals surface area contributed by atoms with Crippen molar-refractivity contribution in [3.05, 3.63) is 29.8 Å². The van der Waals surface area contributed by atoms with Crippen LogP contribution in [0.1, 0.15) is 44.1 Å². The van der Waals surface area contributed by atoms with Crippen LogP contribution >= 0.6 is 0 Å². The Hall–Kier alpha value is -2.08. The van der Waals surface area contributed by atoms with Gasteiger partial charge in [-0.2, -0.15) is 0 Å². The number of rotatable bonds is 6. The lowest BCUT2D eigenvalue weighted by molar-refractivity contribution is -0.134. The molecule has 2 aliphatic heterocycles. The van der Waals surface area contributed by atoms with E-state index in [-0.39, 0.29) is 18.4 Å². The van der Waals surface area contributed by atoms with Crippen LogP contribution in [0.4, 0.5) is 0 Å². The highest BCUT2D eigenvalue weighted by Crippen LogP contribution is 2.38. The molecule has 1 aromatic carbocycles. The third kappa shape index (κ3) is 5.10. The molecule has 1 saturated carbocycles. The van der Waals surface area contributed by atoms with Gasteiger partial charge in [0.2, 0.25) is 5.91 Å². The van der Waals surface area contributed by atoms with Crippen molar-refractivity contribution in [3.8, 4) is 5.75 Å². The molecule has 1 N–H and O–H groups in total. The van der Waals surface area contributed by atoms with Gasteiger partial charge in [-0.05, 0) is 68.7 Å². The second-order valence-electron chi connectivity index (χ2n) is 8.94. The van der Waals surface area contributed by atoms with Gasteiger partial charge in [0, 0.05) is 38.6 Å².